The van der Waals surface area contributed by atoms with Gasteiger partial charge in [-0.25, -0.2) is 0 Å². The maximum atomic E-state index is 11.0. The lowest BCUT2D eigenvalue weighted by Gasteiger charge is -2.12. The highest BCUT2D eigenvalue weighted by Crippen LogP contribution is 2.28. The second-order valence-corrected chi connectivity index (χ2v) is 4.82. The number of rotatable bonds is 5. The van der Waals surface area contributed by atoms with E-state index in [4.69, 9.17) is 10.5 Å². The zero-order chi connectivity index (χ0) is 16.3. The Balaban J connectivity index is 2.22. The Morgan fingerprint density at radius 3 is 2.68 bits per heavy atom. The minimum Gasteiger partial charge on any atom is -0.479 e. The number of ether oxygens (including phenoxy) is 1. The Hall–Kier alpha value is -2.97. The van der Waals surface area contributed by atoms with Crippen molar-refractivity contribution in [2.24, 2.45) is 0 Å². The fraction of sp³-hybridized carbons (Fsp3) is 0.308. The van der Waals surface area contributed by atoms with Crippen LogP contribution in [0.3, 0.4) is 0 Å². The second kappa shape index (κ2) is 6.20. The van der Waals surface area contributed by atoms with E-state index in [1.807, 2.05) is 0 Å². The molecule has 22 heavy (non-hydrogen) atoms. The summed E-state index contributed by atoms with van der Waals surface area (Å²) in [5.41, 5.74) is 6.29. The summed E-state index contributed by atoms with van der Waals surface area (Å²) < 4.78 is 5.46. The predicted octanol–water partition coefficient (Wildman–Crippen LogP) is 1.32. The molecule has 0 aliphatic carbocycles. The number of anilines is 2. The van der Waals surface area contributed by atoms with Gasteiger partial charge in [0, 0.05) is 20.2 Å². The third-order valence-corrected chi connectivity index (χ3v) is 2.76. The van der Waals surface area contributed by atoms with Crippen molar-refractivity contribution in [2.75, 3.05) is 24.7 Å². The van der Waals surface area contributed by atoms with Crippen LogP contribution in [0.5, 0.6) is 5.75 Å². The number of nitro benzene ring substituents is 1. The molecule has 0 spiro atoms. The van der Waals surface area contributed by atoms with Crippen molar-refractivity contribution in [1.82, 2.24) is 15.0 Å². The fourth-order valence-electron chi connectivity index (χ4n) is 1.72. The maximum Gasteiger partial charge on any atom is 0.311 e. The lowest BCUT2D eigenvalue weighted by molar-refractivity contribution is -0.386. The molecule has 2 aromatic rings. The van der Waals surface area contributed by atoms with Crippen molar-refractivity contribution >= 4 is 17.6 Å². The highest BCUT2D eigenvalue weighted by atomic mass is 16.6. The van der Waals surface area contributed by atoms with Crippen LogP contribution in [0.25, 0.3) is 0 Å². The summed E-state index contributed by atoms with van der Waals surface area (Å²) in [6.07, 6.45) is 0. The third kappa shape index (κ3) is 3.57. The largest absolute Gasteiger partial charge is 0.479 e. The molecule has 1 heterocycles. The predicted molar refractivity (Wildman–Crippen MR) is 80.7 cm³/mol. The van der Waals surface area contributed by atoms with Gasteiger partial charge >= 0.3 is 5.69 Å². The van der Waals surface area contributed by atoms with Crippen LogP contribution in [0, 0.1) is 17.0 Å². The quantitative estimate of drug-likeness (QED) is 0.648. The van der Waals surface area contributed by atoms with Gasteiger partial charge in [0.15, 0.2) is 11.6 Å². The van der Waals surface area contributed by atoms with Crippen molar-refractivity contribution < 1.29 is 9.66 Å². The molecule has 2 rings (SSSR count). The summed E-state index contributed by atoms with van der Waals surface area (Å²) in [4.78, 5) is 24.3. The zero-order valence-electron chi connectivity index (χ0n) is 12.5. The third-order valence-electron chi connectivity index (χ3n) is 2.76. The van der Waals surface area contributed by atoms with Gasteiger partial charge in [0.05, 0.1) is 4.92 Å². The molecular formula is C13H16N6O3. The summed E-state index contributed by atoms with van der Waals surface area (Å²) in [5, 5.41) is 11.0. The minimum absolute atomic E-state index is 0.0442. The van der Waals surface area contributed by atoms with E-state index in [-0.39, 0.29) is 24.0 Å². The Labute approximate surface area is 126 Å². The topological polar surface area (TPSA) is 120 Å². The Morgan fingerprint density at radius 1 is 1.32 bits per heavy atom. The standard InChI is InChI=1S/C13H16N6O3/c1-8-4-5-10(9(6-8)19(20)21)22-7-11-15-12(14)17-13(16-11)18(2)3/h4-6H,7H2,1-3H3,(H2,14,15,16,17). The first-order valence-electron chi connectivity index (χ1n) is 6.42. The number of hydrogen-bond donors (Lipinski definition) is 1. The average molecular weight is 304 g/mol. The first-order valence-corrected chi connectivity index (χ1v) is 6.42. The molecular weight excluding hydrogens is 288 g/mol. The van der Waals surface area contributed by atoms with E-state index in [1.165, 1.54) is 6.07 Å². The van der Waals surface area contributed by atoms with E-state index >= 15 is 0 Å². The highest BCUT2D eigenvalue weighted by molar-refractivity contribution is 5.48. The molecule has 0 aliphatic heterocycles. The van der Waals surface area contributed by atoms with E-state index in [1.54, 1.807) is 38.1 Å². The lowest BCUT2D eigenvalue weighted by atomic mass is 10.2. The van der Waals surface area contributed by atoms with Crippen molar-refractivity contribution in [3.8, 4) is 5.75 Å². The molecule has 1 aromatic carbocycles. The normalized spacial score (nSPS) is 10.3. The van der Waals surface area contributed by atoms with Gasteiger partial charge in [0.25, 0.3) is 0 Å². The van der Waals surface area contributed by atoms with Gasteiger partial charge in [0.2, 0.25) is 11.9 Å². The van der Waals surface area contributed by atoms with Crippen LogP contribution in [-0.2, 0) is 6.61 Å². The van der Waals surface area contributed by atoms with Gasteiger partial charge in [0.1, 0.15) is 6.61 Å². The molecule has 0 fully saturated rings. The molecule has 2 N–H and O–H groups in total. The number of nitro groups is 1. The van der Waals surface area contributed by atoms with Crippen molar-refractivity contribution in [2.45, 2.75) is 13.5 Å². The Kier molecular flexibility index (Phi) is 4.35. The number of aryl methyl sites for hydroxylation is 1. The van der Waals surface area contributed by atoms with E-state index in [2.05, 4.69) is 15.0 Å². The highest BCUT2D eigenvalue weighted by Gasteiger charge is 2.16. The summed E-state index contributed by atoms with van der Waals surface area (Å²) in [6, 6.07) is 4.72. The number of hydrogen-bond acceptors (Lipinski definition) is 8. The zero-order valence-corrected chi connectivity index (χ0v) is 12.5. The summed E-state index contributed by atoms with van der Waals surface area (Å²) in [6.45, 7) is 1.73. The summed E-state index contributed by atoms with van der Waals surface area (Å²) >= 11 is 0. The van der Waals surface area contributed by atoms with Gasteiger partial charge in [-0.3, -0.25) is 10.1 Å². The minimum atomic E-state index is -0.491. The molecule has 0 aliphatic rings. The van der Waals surface area contributed by atoms with Gasteiger partial charge in [-0.15, -0.1) is 0 Å². The van der Waals surface area contributed by atoms with Gasteiger partial charge < -0.3 is 15.4 Å². The SMILES string of the molecule is Cc1ccc(OCc2nc(N)nc(N(C)C)n2)c([N+](=O)[O-])c1. The van der Waals surface area contributed by atoms with Gasteiger partial charge in [-0.2, -0.15) is 15.0 Å². The van der Waals surface area contributed by atoms with Crippen molar-refractivity contribution in [3.05, 3.63) is 39.7 Å². The van der Waals surface area contributed by atoms with Crippen LogP contribution in [0.1, 0.15) is 11.4 Å². The molecule has 9 heteroatoms. The Morgan fingerprint density at radius 2 is 2.05 bits per heavy atom. The molecule has 0 saturated carbocycles. The molecule has 0 amide bonds. The van der Waals surface area contributed by atoms with E-state index in [9.17, 15) is 10.1 Å². The molecule has 0 atom stereocenters. The molecule has 0 saturated heterocycles. The number of nitrogen functional groups attached to an aromatic ring is 1. The van der Waals surface area contributed by atoms with Crippen molar-refractivity contribution in [1.29, 1.82) is 0 Å². The number of nitrogens with two attached hydrogens (primary N) is 1. The van der Waals surface area contributed by atoms with E-state index in [0.717, 1.165) is 5.56 Å². The van der Waals surface area contributed by atoms with Crippen LogP contribution in [-0.4, -0.2) is 34.0 Å². The fourth-order valence-corrected chi connectivity index (χ4v) is 1.72. The molecule has 9 nitrogen and oxygen atoms in total. The summed E-state index contributed by atoms with van der Waals surface area (Å²) in [7, 11) is 3.54. The number of aromatic nitrogens is 3. The van der Waals surface area contributed by atoms with E-state index in [0.29, 0.717) is 11.8 Å². The molecule has 0 bridgehead atoms. The molecule has 0 radical (unpaired) electrons. The van der Waals surface area contributed by atoms with Crippen LogP contribution >= 0.6 is 0 Å². The van der Waals surface area contributed by atoms with Crippen LogP contribution in [0.15, 0.2) is 18.2 Å². The van der Waals surface area contributed by atoms with Crippen LogP contribution in [0.4, 0.5) is 17.6 Å². The molecule has 1 aromatic heterocycles. The number of nitrogens with zero attached hydrogens (tertiary/aromatic N) is 5. The monoisotopic (exact) mass is 304 g/mol. The van der Waals surface area contributed by atoms with Crippen molar-refractivity contribution in [3.63, 3.8) is 0 Å². The van der Waals surface area contributed by atoms with E-state index < -0.39 is 4.92 Å². The first kappa shape index (κ1) is 15.4. The summed E-state index contributed by atoms with van der Waals surface area (Å²) in [5.74, 6) is 0.910. The van der Waals surface area contributed by atoms with Gasteiger partial charge in [-0.1, -0.05) is 6.07 Å². The maximum absolute atomic E-state index is 11.0. The first-order chi connectivity index (χ1) is 10.4. The Bertz CT molecular complexity index is 704. The lowest BCUT2D eigenvalue weighted by Crippen LogP contribution is -2.17. The molecule has 0 unspecified atom stereocenters. The second-order valence-electron chi connectivity index (χ2n) is 4.82. The van der Waals surface area contributed by atoms with Crippen LogP contribution < -0.4 is 15.4 Å². The number of benzene rings is 1. The van der Waals surface area contributed by atoms with Gasteiger partial charge in [-0.05, 0) is 18.6 Å². The smallest absolute Gasteiger partial charge is 0.311 e. The van der Waals surface area contributed by atoms with Crippen LogP contribution in [0.2, 0.25) is 0 Å². The average Bonchev–Trinajstić information content (AvgIpc) is 2.45. The molecule has 116 valence electrons.